The van der Waals surface area contributed by atoms with E-state index in [1.54, 1.807) is 18.3 Å². The minimum absolute atomic E-state index is 0.0396. The largest absolute Gasteiger partial charge is 0.461 e. The van der Waals surface area contributed by atoms with Crippen molar-refractivity contribution in [3.05, 3.63) is 78.3 Å². The predicted octanol–water partition coefficient (Wildman–Crippen LogP) is 3.27. The molecule has 8 heteroatoms. The van der Waals surface area contributed by atoms with Crippen molar-refractivity contribution in [2.75, 3.05) is 7.11 Å². The minimum atomic E-state index is -0.546. The number of aromatic nitrogens is 2. The molecule has 0 bridgehead atoms. The number of carbonyl (C=O) groups excluding carboxylic acids is 3. The van der Waals surface area contributed by atoms with E-state index >= 15 is 0 Å². The number of nitrogens with one attached hydrogen (secondary N) is 1. The zero-order valence-electron chi connectivity index (χ0n) is 17.5. The number of ether oxygens (including phenoxy) is 1. The third kappa shape index (κ3) is 6.15. The molecule has 0 spiro atoms. The average Bonchev–Trinajstić information content (AvgIpc) is 3.45. The number of hydrogen-bond acceptors (Lipinski definition) is 6. The van der Waals surface area contributed by atoms with E-state index in [2.05, 4.69) is 15.0 Å². The molecule has 3 aromatic rings. The molecule has 1 aromatic carbocycles. The van der Waals surface area contributed by atoms with Gasteiger partial charge in [0.15, 0.2) is 11.5 Å². The summed E-state index contributed by atoms with van der Waals surface area (Å²) in [5.74, 6) is -0.739. The van der Waals surface area contributed by atoms with Crippen molar-refractivity contribution >= 4 is 17.8 Å². The maximum absolute atomic E-state index is 13.0. The number of amides is 1. The number of Topliss-reactive ketones (excluding diaryl/α,β-unsaturated/α-hetero) is 1. The molecule has 0 aliphatic rings. The summed E-state index contributed by atoms with van der Waals surface area (Å²) in [5, 5.41) is 2.96. The first-order chi connectivity index (χ1) is 15.0. The van der Waals surface area contributed by atoms with Crippen molar-refractivity contribution in [1.82, 2.24) is 14.9 Å². The van der Waals surface area contributed by atoms with Gasteiger partial charge in [0.25, 0.3) is 0 Å². The van der Waals surface area contributed by atoms with Crippen LogP contribution in [0.1, 0.15) is 35.2 Å². The van der Waals surface area contributed by atoms with Crippen molar-refractivity contribution < 1.29 is 23.5 Å². The number of benzene rings is 1. The van der Waals surface area contributed by atoms with Gasteiger partial charge in [-0.25, -0.2) is 14.3 Å². The van der Waals surface area contributed by atoms with Gasteiger partial charge in [-0.1, -0.05) is 30.3 Å². The lowest BCUT2D eigenvalue weighted by molar-refractivity contribution is -0.125. The molecular weight excluding hydrogens is 398 g/mol. The van der Waals surface area contributed by atoms with Crippen molar-refractivity contribution in [3.63, 3.8) is 0 Å². The highest BCUT2D eigenvalue weighted by Crippen LogP contribution is 2.17. The topological polar surface area (TPSA) is 103 Å². The number of carbonyl (C=O) groups is 3. The lowest BCUT2D eigenvalue weighted by atomic mass is 9.92. The highest BCUT2D eigenvalue weighted by Gasteiger charge is 2.25. The SMILES string of the molecule is COC(=O)n1cnc(C[C@@H](C)NC(=O)[C@@H](CC(=O)c2ccco2)Cc2ccccc2)c1. The molecule has 3 rings (SSSR count). The molecular formula is C23H25N3O5. The van der Waals surface area contributed by atoms with Crippen LogP contribution in [0.2, 0.25) is 0 Å². The molecule has 0 fully saturated rings. The molecule has 0 aliphatic heterocycles. The lowest BCUT2D eigenvalue weighted by Crippen LogP contribution is -2.40. The van der Waals surface area contributed by atoms with Crippen LogP contribution in [-0.2, 0) is 22.4 Å². The summed E-state index contributed by atoms with van der Waals surface area (Å²) in [6.07, 6.45) is 4.75. The van der Waals surface area contributed by atoms with Crippen LogP contribution in [0.3, 0.4) is 0 Å². The summed E-state index contributed by atoms with van der Waals surface area (Å²) in [7, 11) is 1.29. The Labute approximate surface area is 180 Å². The van der Waals surface area contributed by atoms with Gasteiger partial charge < -0.3 is 14.5 Å². The maximum atomic E-state index is 13.0. The Morgan fingerprint density at radius 3 is 2.58 bits per heavy atom. The highest BCUT2D eigenvalue weighted by molar-refractivity contribution is 5.96. The third-order valence-electron chi connectivity index (χ3n) is 4.85. The lowest BCUT2D eigenvalue weighted by Gasteiger charge is -2.19. The van der Waals surface area contributed by atoms with Crippen LogP contribution in [0.5, 0.6) is 0 Å². The van der Waals surface area contributed by atoms with E-state index in [1.165, 1.54) is 24.3 Å². The van der Waals surface area contributed by atoms with Crippen LogP contribution >= 0.6 is 0 Å². The summed E-state index contributed by atoms with van der Waals surface area (Å²) in [5.41, 5.74) is 1.61. The van der Waals surface area contributed by atoms with Crippen LogP contribution in [0, 0.1) is 5.92 Å². The fraction of sp³-hybridized carbons (Fsp3) is 0.304. The van der Waals surface area contributed by atoms with Gasteiger partial charge in [-0.05, 0) is 31.0 Å². The van der Waals surface area contributed by atoms with E-state index < -0.39 is 12.0 Å². The molecule has 0 unspecified atom stereocenters. The first-order valence-electron chi connectivity index (χ1n) is 9.98. The van der Waals surface area contributed by atoms with Gasteiger partial charge in [-0.15, -0.1) is 0 Å². The Balaban J connectivity index is 1.65. The Morgan fingerprint density at radius 2 is 1.90 bits per heavy atom. The molecule has 0 radical (unpaired) electrons. The molecule has 0 saturated carbocycles. The molecule has 2 heterocycles. The number of nitrogens with zero attached hydrogens (tertiary/aromatic N) is 2. The van der Waals surface area contributed by atoms with E-state index in [0.717, 1.165) is 5.56 Å². The number of methoxy groups -OCH3 is 1. The van der Waals surface area contributed by atoms with E-state index in [4.69, 9.17) is 4.42 Å². The molecule has 2 aromatic heterocycles. The number of ketones is 1. The number of imidazole rings is 1. The van der Waals surface area contributed by atoms with Gasteiger partial charge >= 0.3 is 6.09 Å². The molecule has 1 amide bonds. The van der Waals surface area contributed by atoms with Crippen LogP contribution < -0.4 is 5.32 Å². The van der Waals surface area contributed by atoms with Gasteiger partial charge in [0, 0.05) is 31.0 Å². The molecule has 2 atom stereocenters. The smallest absolute Gasteiger partial charge is 0.418 e. The number of furan rings is 1. The summed E-state index contributed by atoms with van der Waals surface area (Å²) in [6.45, 7) is 1.85. The van der Waals surface area contributed by atoms with Gasteiger partial charge in [0.1, 0.15) is 6.33 Å². The summed E-state index contributed by atoms with van der Waals surface area (Å²) in [4.78, 5) is 41.3. The van der Waals surface area contributed by atoms with E-state index in [1.807, 2.05) is 37.3 Å². The predicted molar refractivity (Wildman–Crippen MR) is 113 cm³/mol. The fourth-order valence-electron chi connectivity index (χ4n) is 3.32. The summed E-state index contributed by atoms with van der Waals surface area (Å²) >= 11 is 0. The third-order valence-corrected chi connectivity index (χ3v) is 4.85. The van der Waals surface area contributed by atoms with Gasteiger partial charge in [0.05, 0.1) is 19.1 Å². The van der Waals surface area contributed by atoms with Gasteiger partial charge in [-0.2, -0.15) is 0 Å². The number of rotatable bonds is 9. The normalized spacial score (nSPS) is 12.7. The fourth-order valence-corrected chi connectivity index (χ4v) is 3.32. The van der Waals surface area contributed by atoms with Gasteiger partial charge in [-0.3, -0.25) is 9.59 Å². The Kier molecular flexibility index (Phi) is 7.37. The van der Waals surface area contributed by atoms with Crippen LogP contribution in [0.15, 0.2) is 65.7 Å². The minimum Gasteiger partial charge on any atom is -0.461 e. The zero-order chi connectivity index (χ0) is 22.2. The standard InChI is InChI=1S/C23H25N3O5/c1-16(11-19-14-26(15-24-19)23(29)30-2)25-22(28)18(12-17-7-4-3-5-8-17)13-20(27)21-9-6-10-31-21/h3-10,14-16,18H,11-13H2,1-2H3,(H,25,28)/t16-,18-/m1/s1. The zero-order valence-corrected chi connectivity index (χ0v) is 17.5. The van der Waals surface area contributed by atoms with Gasteiger partial charge in [0.2, 0.25) is 5.91 Å². The first-order valence-corrected chi connectivity index (χ1v) is 9.98. The Morgan fingerprint density at radius 1 is 1.13 bits per heavy atom. The second kappa shape index (κ2) is 10.4. The van der Waals surface area contributed by atoms with E-state index in [9.17, 15) is 14.4 Å². The van der Waals surface area contributed by atoms with Crippen molar-refractivity contribution in [2.45, 2.75) is 32.2 Å². The molecule has 0 saturated heterocycles. The quantitative estimate of drug-likeness (QED) is 0.530. The van der Waals surface area contributed by atoms with Crippen LogP contribution in [-0.4, -0.2) is 40.5 Å². The first kappa shape index (κ1) is 22.0. The Bertz CT molecular complexity index is 1010. The summed E-state index contributed by atoms with van der Waals surface area (Å²) < 4.78 is 11.1. The van der Waals surface area contributed by atoms with Crippen LogP contribution in [0.25, 0.3) is 0 Å². The van der Waals surface area contributed by atoms with Crippen molar-refractivity contribution in [2.24, 2.45) is 5.92 Å². The molecule has 1 N–H and O–H groups in total. The molecule has 162 valence electrons. The Hall–Kier alpha value is -3.68. The highest BCUT2D eigenvalue weighted by atomic mass is 16.5. The van der Waals surface area contributed by atoms with E-state index in [0.29, 0.717) is 18.5 Å². The number of hydrogen-bond donors (Lipinski definition) is 1. The molecule has 0 aliphatic carbocycles. The van der Waals surface area contributed by atoms with Crippen LogP contribution in [0.4, 0.5) is 4.79 Å². The van der Waals surface area contributed by atoms with Crippen molar-refractivity contribution in [3.8, 4) is 0 Å². The van der Waals surface area contributed by atoms with E-state index in [-0.39, 0.29) is 29.9 Å². The second-order valence-corrected chi connectivity index (χ2v) is 7.35. The monoisotopic (exact) mass is 423 g/mol. The second-order valence-electron chi connectivity index (χ2n) is 7.35. The maximum Gasteiger partial charge on any atom is 0.418 e. The van der Waals surface area contributed by atoms with Crippen molar-refractivity contribution in [1.29, 1.82) is 0 Å². The summed E-state index contributed by atoms with van der Waals surface area (Å²) in [6, 6.07) is 12.6. The molecule has 31 heavy (non-hydrogen) atoms. The molecule has 8 nitrogen and oxygen atoms in total. The average molecular weight is 423 g/mol.